The van der Waals surface area contributed by atoms with Gasteiger partial charge in [0.15, 0.2) is 0 Å². The van der Waals surface area contributed by atoms with Crippen molar-refractivity contribution < 1.29 is 39.3 Å². The lowest BCUT2D eigenvalue weighted by molar-refractivity contribution is -0.140. The van der Waals surface area contributed by atoms with E-state index in [1.165, 1.54) is 31.3 Å². The molecule has 0 bridgehead atoms. The molecule has 4 unspecified atom stereocenters. The van der Waals surface area contributed by atoms with Crippen LogP contribution in [0.3, 0.4) is 0 Å². The number of hydrogen-bond acceptors (Lipinski definition) is 8. The van der Waals surface area contributed by atoms with E-state index < -0.39 is 60.2 Å². The zero-order valence-electron chi connectivity index (χ0n) is 24.6. The number of carboxylic acids is 1. The number of nitrogens with two attached hydrogens (primary N) is 1. The number of carbonyl (C=O) groups excluding carboxylic acids is 4. The van der Waals surface area contributed by atoms with E-state index in [9.17, 15) is 39.3 Å². The summed E-state index contributed by atoms with van der Waals surface area (Å²) in [6.07, 6.45) is -0.548. The number of phenols is 2. The fourth-order valence-corrected chi connectivity index (χ4v) is 4.54. The van der Waals surface area contributed by atoms with E-state index in [1.807, 2.05) is 0 Å². The highest BCUT2D eigenvalue weighted by molar-refractivity contribution is 5.95. The molecule has 13 heteroatoms. The molecule has 0 fully saturated rings. The SMILES string of the molecule is CNC(CC(=O)O)C(=O)NC(Cc1ccc(O)cc1)C(=O)NC(Cc1ccc(O)cc1)C(=O)NC(Cc1ccccc1)C(N)=O. The fourth-order valence-electron chi connectivity index (χ4n) is 4.54. The number of nitrogens with one attached hydrogen (secondary N) is 4. The highest BCUT2D eigenvalue weighted by atomic mass is 16.4. The highest BCUT2D eigenvalue weighted by Crippen LogP contribution is 2.14. The van der Waals surface area contributed by atoms with Crippen LogP contribution in [0.4, 0.5) is 0 Å². The van der Waals surface area contributed by atoms with Crippen LogP contribution >= 0.6 is 0 Å². The first-order valence-electron chi connectivity index (χ1n) is 14.1. The third-order valence-electron chi connectivity index (χ3n) is 7.00. The third-order valence-corrected chi connectivity index (χ3v) is 7.00. The predicted octanol–water partition coefficient (Wildman–Crippen LogP) is 0.128. The Hall–Kier alpha value is -5.43. The van der Waals surface area contributed by atoms with Gasteiger partial charge >= 0.3 is 5.97 Å². The number of likely N-dealkylation sites (N-methyl/N-ethyl adjacent to an activating group) is 1. The lowest BCUT2D eigenvalue weighted by atomic mass is 10.0. The maximum absolute atomic E-state index is 13.7. The molecule has 0 heterocycles. The van der Waals surface area contributed by atoms with Gasteiger partial charge in [-0.3, -0.25) is 24.0 Å². The van der Waals surface area contributed by atoms with Gasteiger partial charge in [0.1, 0.15) is 29.6 Å². The number of rotatable bonds is 16. The van der Waals surface area contributed by atoms with Gasteiger partial charge in [0.2, 0.25) is 23.6 Å². The summed E-state index contributed by atoms with van der Waals surface area (Å²) < 4.78 is 0. The van der Waals surface area contributed by atoms with E-state index >= 15 is 0 Å². The fraction of sp³-hybridized carbons (Fsp3) is 0.281. The maximum atomic E-state index is 13.7. The van der Waals surface area contributed by atoms with Crippen LogP contribution in [0, 0.1) is 0 Å². The predicted molar refractivity (Wildman–Crippen MR) is 164 cm³/mol. The van der Waals surface area contributed by atoms with Crippen LogP contribution in [0.15, 0.2) is 78.9 Å². The van der Waals surface area contributed by atoms with Gasteiger partial charge in [-0.25, -0.2) is 0 Å². The van der Waals surface area contributed by atoms with Crippen molar-refractivity contribution in [3.63, 3.8) is 0 Å². The quantitative estimate of drug-likeness (QED) is 0.109. The second-order valence-corrected chi connectivity index (χ2v) is 10.5. The van der Waals surface area contributed by atoms with Gasteiger partial charge in [-0.05, 0) is 48.0 Å². The number of aromatic hydroxyl groups is 2. The van der Waals surface area contributed by atoms with Gasteiger partial charge in [-0.1, -0.05) is 54.6 Å². The lowest BCUT2D eigenvalue weighted by Gasteiger charge is -2.26. The molecule has 45 heavy (non-hydrogen) atoms. The van der Waals surface area contributed by atoms with Gasteiger partial charge in [0, 0.05) is 19.3 Å². The summed E-state index contributed by atoms with van der Waals surface area (Å²) in [6, 6.07) is 16.0. The van der Waals surface area contributed by atoms with Crippen molar-refractivity contribution in [2.75, 3.05) is 7.05 Å². The van der Waals surface area contributed by atoms with Crippen molar-refractivity contribution >= 4 is 29.6 Å². The molecular weight excluding hydrogens is 582 g/mol. The maximum Gasteiger partial charge on any atom is 0.305 e. The van der Waals surface area contributed by atoms with Crippen LogP contribution in [0.1, 0.15) is 23.1 Å². The number of carboxylic acid groups (broad SMARTS) is 1. The Labute approximate surface area is 259 Å². The second-order valence-electron chi connectivity index (χ2n) is 10.5. The van der Waals surface area contributed by atoms with E-state index in [1.54, 1.807) is 54.6 Å². The summed E-state index contributed by atoms with van der Waals surface area (Å²) in [5, 5.41) is 39.0. The molecule has 0 aliphatic heterocycles. The largest absolute Gasteiger partial charge is 0.508 e. The molecule has 4 atom stereocenters. The Bertz CT molecular complexity index is 1470. The standard InChI is InChI=1S/C32H37N5O8/c1-34-25(18-28(40)41)30(43)36-27(17-21-9-13-23(39)14-10-21)32(45)37-26(16-20-7-11-22(38)12-8-20)31(44)35-24(29(33)42)15-19-5-3-2-4-6-19/h2-14,24-27,34,38-39H,15-18H2,1H3,(H2,33,42)(H,35,44)(H,36,43)(H,37,45)(H,40,41). The molecule has 0 saturated carbocycles. The van der Waals surface area contributed by atoms with Crippen LogP contribution in [-0.4, -0.2) is 76.1 Å². The van der Waals surface area contributed by atoms with Crippen LogP contribution < -0.4 is 27.0 Å². The highest BCUT2D eigenvalue weighted by Gasteiger charge is 2.31. The summed E-state index contributed by atoms with van der Waals surface area (Å²) in [5.74, 6) is -4.26. The average molecular weight is 620 g/mol. The Morgan fingerprint density at radius 1 is 0.600 bits per heavy atom. The molecule has 0 spiro atoms. The van der Waals surface area contributed by atoms with Crippen molar-refractivity contribution in [1.82, 2.24) is 21.3 Å². The van der Waals surface area contributed by atoms with Gasteiger partial charge in [0.25, 0.3) is 0 Å². The van der Waals surface area contributed by atoms with E-state index in [2.05, 4.69) is 21.3 Å². The molecule has 9 N–H and O–H groups in total. The van der Waals surface area contributed by atoms with Crippen LogP contribution in [0.5, 0.6) is 11.5 Å². The Morgan fingerprint density at radius 3 is 1.38 bits per heavy atom. The van der Waals surface area contributed by atoms with Crippen LogP contribution in [0.25, 0.3) is 0 Å². The molecular formula is C32H37N5O8. The summed E-state index contributed by atoms with van der Waals surface area (Å²) in [4.78, 5) is 63.9. The van der Waals surface area contributed by atoms with E-state index in [0.717, 1.165) is 5.56 Å². The minimum atomic E-state index is -1.27. The van der Waals surface area contributed by atoms with Crippen molar-refractivity contribution in [3.05, 3.63) is 95.6 Å². The molecule has 238 valence electrons. The smallest absolute Gasteiger partial charge is 0.305 e. The number of phenolic OH excluding ortho intramolecular Hbond substituents is 2. The van der Waals surface area contributed by atoms with Crippen molar-refractivity contribution in [2.45, 2.75) is 49.9 Å². The van der Waals surface area contributed by atoms with Gasteiger partial charge < -0.3 is 42.3 Å². The first-order chi connectivity index (χ1) is 21.4. The minimum Gasteiger partial charge on any atom is -0.508 e. The van der Waals surface area contributed by atoms with Gasteiger partial charge in [-0.2, -0.15) is 0 Å². The van der Waals surface area contributed by atoms with Gasteiger partial charge in [-0.15, -0.1) is 0 Å². The number of hydrogen-bond donors (Lipinski definition) is 8. The zero-order chi connectivity index (χ0) is 32.9. The molecule has 3 rings (SSSR count). The Kier molecular flexibility index (Phi) is 12.4. The van der Waals surface area contributed by atoms with Crippen molar-refractivity contribution in [1.29, 1.82) is 0 Å². The molecule has 13 nitrogen and oxygen atoms in total. The zero-order valence-corrected chi connectivity index (χ0v) is 24.6. The molecule has 0 aromatic heterocycles. The summed E-state index contributed by atoms with van der Waals surface area (Å²) >= 11 is 0. The topological polar surface area (TPSA) is 220 Å². The Morgan fingerprint density at radius 2 is 0.978 bits per heavy atom. The van der Waals surface area contributed by atoms with Crippen LogP contribution in [0.2, 0.25) is 0 Å². The minimum absolute atomic E-state index is 0.00226. The van der Waals surface area contributed by atoms with Crippen LogP contribution in [-0.2, 0) is 43.2 Å². The van der Waals surface area contributed by atoms with E-state index in [0.29, 0.717) is 11.1 Å². The summed E-state index contributed by atoms with van der Waals surface area (Å²) in [7, 11) is 1.41. The molecule has 0 saturated heterocycles. The molecule has 0 radical (unpaired) electrons. The van der Waals surface area contributed by atoms with E-state index in [-0.39, 0.29) is 30.8 Å². The first kappa shape index (κ1) is 34.1. The number of amides is 4. The number of primary amides is 1. The van der Waals surface area contributed by atoms with Crippen molar-refractivity contribution in [3.8, 4) is 11.5 Å². The molecule has 0 aliphatic rings. The first-order valence-corrected chi connectivity index (χ1v) is 14.1. The molecule has 3 aromatic rings. The molecule has 4 amide bonds. The number of benzene rings is 3. The second kappa shape index (κ2) is 16.4. The monoisotopic (exact) mass is 619 g/mol. The lowest BCUT2D eigenvalue weighted by Crippen LogP contribution is -2.59. The third kappa shape index (κ3) is 11.0. The number of carbonyl (C=O) groups is 5. The summed E-state index contributed by atoms with van der Waals surface area (Å²) in [6.45, 7) is 0. The normalized spacial score (nSPS) is 13.4. The average Bonchev–Trinajstić information content (AvgIpc) is 3.01. The molecule has 0 aliphatic carbocycles. The molecule has 3 aromatic carbocycles. The van der Waals surface area contributed by atoms with E-state index in [4.69, 9.17) is 5.73 Å². The summed E-state index contributed by atoms with van der Waals surface area (Å²) in [5.41, 5.74) is 7.48. The van der Waals surface area contributed by atoms with Crippen molar-refractivity contribution in [2.24, 2.45) is 5.73 Å². The van der Waals surface area contributed by atoms with Gasteiger partial charge in [0.05, 0.1) is 12.5 Å². The Balaban J connectivity index is 1.88. The number of aliphatic carboxylic acids is 1.